The van der Waals surface area contributed by atoms with Gasteiger partial charge in [-0.3, -0.25) is 4.57 Å². The van der Waals surface area contributed by atoms with E-state index in [1.165, 1.54) is 36.0 Å². The lowest BCUT2D eigenvalue weighted by atomic mass is 10.2. The van der Waals surface area contributed by atoms with Crippen molar-refractivity contribution in [2.45, 2.75) is 30.6 Å². The lowest BCUT2D eigenvalue weighted by molar-refractivity contribution is 0.0953. The fraction of sp³-hybridized carbons (Fsp3) is 0.333. The molecule has 1 fully saturated rings. The Kier molecular flexibility index (Phi) is 6.41. The molecule has 4 rings (SSSR count). The first-order valence-corrected chi connectivity index (χ1v) is 10.5. The number of hydrogen-bond acceptors (Lipinski definition) is 5. The van der Waals surface area contributed by atoms with Crippen molar-refractivity contribution in [3.63, 3.8) is 0 Å². The largest absolute Gasteiger partial charge is 0.493 e. The van der Waals surface area contributed by atoms with Gasteiger partial charge >= 0.3 is 0 Å². The number of thioether (sulfide) groups is 1. The van der Waals surface area contributed by atoms with Crippen LogP contribution in [0.5, 0.6) is 5.75 Å². The van der Waals surface area contributed by atoms with Gasteiger partial charge in [0.05, 0.1) is 19.3 Å². The summed E-state index contributed by atoms with van der Waals surface area (Å²) in [5.41, 5.74) is 0.811. The maximum absolute atomic E-state index is 13.3. The SMILES string of the molecule is Fc1ccc(OCCSc2nnc(-c3ccc(F)cc3)n2C[C@@H]2CCCO2)cc1. The molecule has 0 amide bonds. The van der Waals surface area contributed by atoms with Crippen LogP contribution in [0, 0.1) is 11.6 Å². The van der Waals surface area contributed by atoms with Crippen molar-refractivity contribution < 1.29 is 18.3 Å². The van der Waals surface area contributed by atoms with E-state index in [0.29, 0.717) is 30.5 Å². The van der Waals surface area contributed by atoms with Crippen LogP contribution in [0.1, 0.15) is 12.8 Å². The smallest absolute Gasteiger partial charge is 0.191 e. The second-order valence-corrected chi connectivity index (χ2v) is 7.77. The van der Waals surface area contributed by atoms with Crippen molar-refractivity contribution in [1.29, 1.82) is 0 Å². The fourth-order valence-electron chi connectivity index (χ4n) is 3.19. The van der Waals surface area contributed by atoms with Crippen molar-refractivity contribution in [2.24, 2.45) is 0 Å². The van der Waals surface area contributed by atoms with Crippen molar-refractivity contribution in [3.8, 4) is 17.1 Å². The minimum Gasteiger partial charge on any atom is -0.493 e. The molecule has 0 radical (unpaired) electrons. The summed E-state index contributed by atoms with van der Waals surface area (Å²) in [4.78, 5) is 0. The van der Waals surface area contributed by atoms with Crippen molar-refractivity contribution in [1.82, 2.24) is 14.8 Å². The Labute approximate surface area is 172 Å². The zero-order valence-electron chi connectivity index (χ0n) is 15.8. The van der Waals surface area contributed by atoms with Crippen molar-refractivity contribution in [3.05, 3.63) is 60.2 Å². The first-order chi connectivity index (χ1) is 14.2. The van der Waals surface area contributed by atoms with Gasteiger partial charge in [0.2, 0.25) is 0 Å². The Balaban J connectivity index is 1.44. The van der Waals surface area contributed by atoms with Crippen LogP contribution in [0.15, 0.2) is 53.7 Å². The molecule has 5 nitrogen and oxygen atoms in total. The minimum atomic E-state index is -0.290. The van der Waals surface area contributed by atoms with Crippen LogP contribution in [0.3, 0.4) is 0 Å². The highest BCUT2D eigenvalue weighted by Crippen LogP contribution is 2.27. The monoisotopic (exact) mass is 417 g/mol. The van der Waals surface area contributed by atoms with Crippen LogP contribution in [-0.2, 0) is 11.3 Å². The number of aromatic nitrogens is 3. The Morgan fingerprint density at radius 1 is 1.03 bits per heavy atom. The third kappa shape index (κ3) is 5.13. The molecule has 1 aromatic heterocycles. The quantitative estimate of drug-likeness (QED) is 0.397. The van der Waals surface area contributed by atoms with Gasteiger partial charge in [0.15, 0.2) is 11.0 Å². The number of ether oxygens (including phenoxy) is 2. The molecule has 0 unspecified atom stereocenters. The fourth-order valence-corrected chi connectivity index (χ4v) is 3.95. The second-order valence-electron chi connectivity index (χ2n) is 6.71. The number of hydrogen-bond donors (Lipinski definition) is 0. The van der Waals surface area contributed by atoms with Crippen molar-refractivity contribution >= 4 is 11.8 Å². The molecule has 0 saturated carbocycles. The topological polar surface area (TPSA) is 49.2 Å². The molecule has 8 heteroatoms. The standard InChI is InChI=1S/C21H21F2N3O2S/c22-16-5-3-15(4-6-16)20-24-25-21(26(20)14-19-2-1-11-27-19)29-13-12-28-18-9-7-17(23)8-10-18/h3-10,19H,1-2,11-14H2/t19-/m0/s1. The molecule has 0 N–H and O–H groups in total. The average molecular weight is 417 g/mol. The highest BCUT2D eigenvalue weighted by Gasteiger charge is 2.21. The third-order valence-corrected chi connectivity index (χ3v) is 5.56. The normalized spacial score (nSPS) is 16.3. The molecular formula is C21H21F2N3O2S. The Morgan fingerprint density at radius 2 is 1.76 bits per heavy atom. The molecule has 2 aromatic carbocycles. The first kappa shape index (κ1) is 19.8. The van der Waals surface area contributed by atoms with Gasteiger partial charge in [0.25, 0.3) is 0 Å². The lowest BCUT2D eigenvalue weighted by Crippen LogP contribution is -2.17. The highest BCUT2D eigenvalue weighted by atomic mass is 32.2. The predicted octanol–water partition coefficient (Wildman–Crippen LogP) is 4.57. The number of nitrogens with zero attached hydrogens (tertiary/aromatic N) is 3. The van der Waals surface area contributed by atoms with E-state index in [4.69, 9.17) is 9.47 Å². The van der Waals surface area contributed by atoms with E-state index >= 15 is 0 Å². The number of rotatable bonds is 8. The van der Waals surface area contributed by atoms with Crippen LogP contribution in [-0.4, -0.2) is 39.8 Å². The van der Waals surface area contributed by atoms with Gasteiger partial charge in [-0.15, -0.1) is 10.2 Å². The van der Waals surface area contributed by atoms with Crippen LogP contribution < -0.4 is 4.74 Å². The van der Waals surface area contributed by atoms with Gasteiger partial charge in [0.1, 0.15) is 17.4 Å². The summed E-state index contributed by atoms with van der Waals surface area (Å²) < 4.78 is 39.7. The van der Waals surface area contributed by atoms with E-state index in [1.54, 1.807) is 24.3 Å². The Hall–Kier alpha value is -2.45. The molecule has 152 valence electrons. The zero-order chi connectivity index (χ0) is 20.1. The number of halogens is 2. The zero-order valence-corrected chi connectivity index (χ0v) is 16.6. The van der Waals surface area contributed by atoms with Gasteiger partial charge < -0.3 is 9.47 Å². The van der Waals surface area contributed by atoms with E-state index in [1.807, 2.05) is 4.57 Å². The van der Waals surface area contributed by atoms with Gasteiger partial charge in [0, 0.05) is 17.9 Å². The summed E-state index contributed by atoms with van der Waals surface area (Å²) in [6, 6.07) is 12.2. The van der Waals surface area contributed by atoms with Gasteiger partial charge in [-0.25, -0.2) is 8.78 Å². The number of benzene rings is 2. The van der Waals surface area contributed by atoms with Gasteiger partial charge in [-0.1, -0.05) is 11.8 Å². The summed E-state index contributed by atoms with van der Waals surface area (Å²) in [7, 11) is 0. The van der Waals surface area contributed by atoms with E-state index < -0.39 is 0 Å². The third-order valence-electron chi connectivity index (χ3n) is 4.63. The lowest BCUT2D eigenvalue weighted by Gasteiger charge is -2.15. The van der Waals surface area contributed by atoms with Gasteiger partial charge in [-0.2, -0.15) is 0 Å². The molecule has 29 heavy (non-hydrogen) atoms. The van der Waals surface area contributed by atoms with E-state index in [9.17, 15) is 8.78 Å². The summed E-state index contributed by atoms with van der Waals surface area (Å²) in [5, 5.41) is 9.44. The molecular weight excluding hydrogens is 396 g/mol. The predicted molar refractivity (Wildman–Crippen MR) is 107 cm³/mol. The molecule has 1 saturated heterocycles. The van der Waals surface area contributed by atoms with E-state index in [2.05, 4.69) is 10.2 Å². The molecule has 3 aromatic rings. The highest BCUT2D eigenvalue weighted by molar-refractivity contribution is 7.99. The van der Waals surface area contributed by atoms with Crippen molar-refractivity contribution in [2.75, 3.05) is 19.0 Å². The first-order valence-electron chi connectivity index (χ1n) is 9.51. The van der Waals surface area contributed by atoms with Gasteiger partial charge in [-0.05, 0) is 61.4 Å². The van der Waals surface area contributed by atoms with Crippen LogP contribution >= 0.6 is 11.8 Å². The van der Waals surface area contributed by atoms with Crippen LogP contribution in [0.2, 0.25) is 0 Å². The Morgan fingerprint density at radius 3 is 2.45 bits per heavy atom. The molecule has 1 aliphatic heterocycles. The molecule has 1 aliphatic rings. The maximum atomic E-state index is 13.3. The van der Waals surface area contributed by atoms with Crippen LogP contribution in [0.4, 0.5) is 8.78 Å². The summed E-state index contributed by atoms with van der Waals surface area (Å²) in [5.74, 6) is 1.40. The summed E-state index contributed by atoms with van der Waals surface area (Å²) >= 11 is 1.53. The molecule has 2 heterocycles. The summed E-state index contributed by atoms with van der Waals surface area (Å²) in [6.07, 6.45) is 2.17. The average Bonchev–Trinajstić information content (AvgIpc) is 3.38. The molecule has 0 bridgehead atoms. The molecule has 1 atom stereocenters. The minimum absolute atomic E-state index is 0.125. The second kappa shape index (κ2) is 9.37. The van der Waals surface area contributed by atoms with E-state index in [-0.39, 0.29) is 17.7 Å². The summed E-state index contributed by atoms with van der Waals surface area (Å²) in [6.45, 7) is 1.88. The maximum Gasteiger partial charge on any atom is 0.191 e. The van der Waals surface area contributed by atoms with Crippen LogP contribution in [0.25, 0.3) is 11.4 Å². The van der Waals surface area contributed by atoms with E-state index in [0.717, 1.165) is 30.2 Å². The molecule has 0 spiro atoms. The Bertz CT molecular complexity index is 926. The molecule has 0 aliphatic carbocycles.